The van der Waals surface area contributed by atoms with Gasteiger partial charge >= 0.3 is 6.03 Å². The summed E-state index contributed by atoms with van der Waals surface area (Å²) >= 11 is 0. The van der Waals surface area contributed by atoms with Crippen LogP contribution in [0.3, 0.4) is 0 Å². The van der Waals surface area contributed by atoms with Crippen LogP contribution < -0.4 is 20.1 Å². The number of nitrogens with one attached hydrogen (secondary N) is 2. The Bertz CT molecular complexity index is 757. The van der Waals surface area contributed by atoms with Crippen molar-refractivity contribution >= 4 is 6.03 Å². The fourth-order valence-electron chi connectivity index (χ4n) is 2.78. The van der Waals surface area contributed by atoms with E-state index in [9.17, 15) is 4.79 Å². The van der Waals surface area contributed by atoms with Gasteiger partial charge in [-0.2, -0.15) is 5.10 Å². The van der Waals surface area contributed by atoms with Crippen molar-refractivity contribution in [3.63, 3.8) is 0 Å². The number of nitrogens with zero attached hydrogens (tertiary/aromatic N) is 2. The Balaban J connectivity index is 1.41. The third kappa shape index (κ3) is 4.43. The second-order valence-corrected chi connectivity index (χ2v) is 6.47. The topological polar surface area (TPSA) is 77.4 Å². The Morgan fingerprint density at radius 1 is 1.24 bits per heavy atom. The lowest BCUT2D eigenvalue weighted by molar-refractivity contribution is 0.174. The van der Waals surface area contributed by atoms with Crippen LogP contribution in [-0.4, -0.2) is 29.1 Å². The molecule has 1 aliphatic heterocycles. The smallest absolute Gasteiger partial charge is 0.315 e. The van der Waals surface area contributed by atoms with Crippen molar-refractivity contribution in [3.8, 4) is 11.5 Å². The Labute approximate surface area is 147 Å². The van der Waals surface area contributed by atoms with Gasteiger partial charge in [-0.1, -0.05) is 13.0 Å². The largest absolute Gasteiger partial charge is 0.454 e. The highest BCUT2D eigenvalue weighted by Gasteiger charge is 2.13. The minimum Gasteiger partial charge on any atom is -0.454 e. The van der Waals surface area contributed by atoms with Crippen molar-refractivity contribution in [3.05, 3.63) is 41.2 Å². The Morgan fingerprint density at radius 2 is 2.04 bits per heavy atom. The molecule has 0 radical (unpaired) electrons. The summed E-state index contributed by atoms with van der Waals surface area (Å²) in [6, 6.07) is 7.53. The highest BCUT2D eigenvalue weighted by molar-refractivity contribution is 5.73. The standard InChI is InChI=1S/C18H24N4O3/c1-12(10-22-14(3)6-13(2)21-22)8-19-18(23)20-9-15-4-5-16-17(7-15)25-11-24-16/h4-7,12H,8-11H2,1-3H3,(H2,19,20,23). The van der Waals surface area contributed by atoms with Gasteiger partial charge in [0.05, 0.1) is 5.69 Å². The maximum atomic E-state index is 12.0. The molecule has 3 rings (SSSR count). The normalized spacial score (nSPS) is 13.6. The third-order valence-corrected chi connectivity index (χ3v) is 4.09. The first-order valence-corrected chi connectivity index (χ1v) is 8.42. The molecule has 0 spiro atoms. The molecule has 0 saturated carbocycles. The van der Waals surface area contributed by atoms with E-state index in [0.29, 0.717) is 13.1 Å². The number of hydrogen-bond donors (Lipinski definition) is 2. The number of aryl methyl sites for hydroxylation is 2. The van der Waals surface area contributed by atoms with E-state index >= 15 is 0 Å². The molecule has 1 atom stereocenters. The van der Waals surface area contributed by atoms with Crippen LogP contribution in [0.15, 0.2) is 24.3 Å². The first-order valence-electron chi connectivity index (χ1n) is 8.42. The van der Waals surface area contributed by atoms with Gasteiger partial charge in [-0.05, 0) is 43.5 Å². The van der Waals surface area contributed by atoms with Crippen LogP contribution in [0.1, 0.15) is 23.9 Å². The van der Waals surface area contributed by atoms with Crippen molar-refractivity contribution < 1.29 is 14.3 Å². The van der Waals surface area contributed by atoms with Crippen LogP contribution in [0.5, 0.6) is 11.5 Å². The molecule has 2 amide bonds. The van der Waals surface area contributed by atoms with Crippen LogP contribution in [0.2, 0.25) is 0 Å². The number of benzene rings is 1. The molecular formula is C18H24N4O3. The molecule has 2 heterocycles. The molecule has 2 N–H and O–H groups in total. The fourth-order valence-corrected chi connectivity index (χ4v) is 2.78. The molecule has 7 nitrogen and oxygen atoms in total. The number of carbonyl (C=O) groups is 1. The van der Waals surface area contributed by atoms with Crippen molar-refractivity contribution in [1.82, 2.24) is 20.4 Å². The molecule has 134 valence electrons. The Hall–Kier alpha value is -2.70. The SMILES string of the molecule is Cc1cc(C)n(CC(C)CNC(=O)NCc2ccc3c(c2)OCO3)n1. The number of hydrogen-bond acceptors (Lipinski definition) is 4. The van der Waals surface area contributed by atoms with Crippen molar-refractivity contribution in [2.45, 2.75) is 33.9 Å². The summed E-state index contributed by atoms with van der Waals surface area (Å²) < 4.78 is 12.6. The summed E-state index contributed by atoms with van der Waals surface area (Å²) in [5.41, 5.74) is 3.12. The number of fused-ring (bicyclic) bond motifs is 1. The molecule has 1 aliphatic rings. The van der Waals surface area contributed by atoms with Crippen molar-refractivity contribution in [2.75, 3.05) is 13.3 Å². The highest BCUT2D eigenvalue weighted by atomic mass is 16.7. The summed E-state index contributed by atoms with van der Waals surface area (Å²) in [7, 11) is 0. The number of rotatable bonds is 6. The van der Waals surface area contributed by atoms with Gasteiger partial charge in [0.1, 0.15) is 0 Å². The predicted molar refractivity (Wildman–Crippen MR) is 93.7 cm³/mol. The van der Waals surface area contributed by atoms with E-state index in [1.807, 2.05) is 36.7 Å². The molecule has 1 aromatic carbocycles. The number of ether oxygens (including phenoxy) is 2. The van der Waals surface area contributed by atoms with E-state index in [1.165, 1.54) is 0 Å². The van der Waals surface area contributed by atoms with E-state index in [-0.39, 0.29) is 18.7 Å². The third-order valence-electron chi connectivity index (χ3n) is 4.09. The average molecular weight is 344 g/mol. The van der Waals surface area contributed by atoms with Crippen molar-refractivity contribution in [2.24, 2.45) is 5.92 Å². The maximum absolute atomic E-state index is 12.0. The number of urea groups is 1. The molecule has 7 heteroatoms. The highest BCUT2D eigenvalue weighted by Crippen LogP contribution is 2.32. The summed E-state index contributed by atoms with van der Waals surface area (Å²) in [5.74, 6) is 1.75. The quantitative estimate of drug-likeness (QED) is 0.843. The van der Waals surface area contributed by atoms with E-state index in [2.05, 4.69) is 28.7 Å². The van der Waals surface area contributed by atoms with Gasteiger partial charge in [0.15, 0.2) is 11.5 Å². The van der Waals surface area contributed by atoms with Gasteiger partial charge < -0.3 is 20.1 Å². The first-order chi connectivity index (χ1) is 12.0. The molecule has 0 bridgehead atoms. The zero-order valence-electron chi connectivity index (χ0n) is 14.8. The molecular weight excluding hydrogens is 320 g/mol. The van der Waals surface area contributed by atoms with Crippen LogP contribution in [-0.2, 0) is 13.1 Å². The first kappa shape index (κ1) is 17.1. The van der Waals surface area contributed by atoms with Crippen LogP contribution in [0.4, 0.5) is 4.79 Å². The van der Waals surface area contributed by atoms with E-state index < -0.39 is 0 Å². The summed E-state index contributed by atoms with van der Waals surface area (Å²) in [5, 5.41) is 10.2. The van der Waals surface area contributed by atoms with Crippen molar-refractivity contribution in [1.29, 1.82) is 0 Å². The van der Waals surface area contributed by atoms with Gasteiger partial charge in [0.2, 0.25) is 6.79 Å². The van der Waals surface area contributed by atoms with Crippen LogP contribution in [0.25, 0.3) is 0 Å². The lowest BCUT2D eigenvalue weighted by atomic mass is 10.2. The predicted octanol–water partition coefficient (Wildman–Crippen LogP) is 2.36. The summed E-state index contributed by atoms with van der Waals surface area (Å²) in [6.45, 7) is 8.17. The van der Waals surface area contributed by atoms with Crippen LogP contribution >= 0.6 is 0 Å². The zero-order chi connectivity index (χ0) is 17.8. The van der Waals surface area contributed by atoms with Gasteiger partial charge in [-0.3, -0.25) is 4.68 Å². The Morgan fingerprint density at radius 3 is 2.80 bits per heavy atom. The lowest BCUT2D eigenvalue weighted by Gasteiger charge is -2.14. The number of carbonyl (C=O) groups excluding carboxylic acids is 1. The molecule has 1 aromatic heterocycles. The monoisotopic (exact) mass is 344 g/mol. The second-order valence-electron chi connectivity index (χ2n) is 6.47. The van der Waals surface area contributed by atoms with E-state index in [4.69, 9.17) is 9.47 Å². The van der Waals surface area contributed by atoms with Gasteiger partial charge in [-0.15, -0.1) is 0 Å². The average Bonchev–Trinajstić information content (AvgIpc) is 3.16. The van der Waals surface area contributed by atoms with Crippen LogP contribution in [0, 0.1) is 19.8 Å². The van der Waals surface area contributed by atoms with E-state index in [0.717, 1.165) is 35.0 Å². The molecule has 2 aromatic rings. The molecule has 0 saturated heterocycles. The zero-order valence-corrected chi connectivity index (χ0v) is 14.8. The second kappa shape index (κ2) is 7.46. The Kier molecular flexibility index (Phi) is 5.11. The molecule has 0 fully saturated rings. The molecule has 25 heavy (non-hydrogen) atoms. The maximum Gasteiger partial charge on any atom is 0.315 e. The number of aromatic nitrogens is 2. The number of amides is 2. The fraction of sp³-hybridized carbons (Fsp3) is 0.444. The minimum absolute atomic E-state index is 0.183. The molecule has 0 aliphatic carbocycles. The van der Waals surface area contributed by atoms with E-state index in [1.54, 1.807) is 0 Å². The van der Waals surface area contributed by atoms with Gasteiger partial charge in [-0.25, -0.2) is 4.79 Å². The van der Waals surface area contributed by atoms with Gasteiger partial charge in [0, 0.05) is 25.3 Å². The summed E-state index contributed by atoms with van der Waals surface area (Å²) in [4.78, 5) is 12.0. The lowest BCUT2D eigenvalue weighted by Crippen LogP contribution is -2.38. The van der Waals surface area contributed by atoms with Gasteiger partial charge in [0.25, 0.3) is 0 Å². The minimum atomic E-state index is -0.183. The summed E-state index contributed by atoms with van der Waals surface area (Å²) in [6.07, 6.45) is 0. The molecule has 1 unspecified atom stereocenters.